The summed E-state index contributed by atoms with van der Waals surface area (Å²) in [6, 6.07) is 8.85. The standard InChI is InChI=1S/C14H19NOS/c1-3-11-7-8-12(16-11)10-15-13(4-2)14-6-5-9-17-14/h5-9,13,15H,3-4,10H2,1-2H3. The van der Waals surface area contributed by atoms with Crippen molar-refractivity contribution in [1.29, 1.82) is 0 Å². The van der Waals surface area contributed by atoms with Gasteiger partial charge in [0.05, 0.1) is 6.54 Å². The van der Waals surface area contributed by atoms with Gasteiger partial charge in [-0.2, -0.15) is 0 Å². The normalized spacial score (nSPS) is 12.8. The van der Waals surface area contributed by atoms with Gasteiger partial charge in [0.2, 0.25) is 0 Å². The average molecular weight is 249 g/mol. The lowest BCUT2D eigenvalue weighted by molar-refractivity contribution is 0.425. The van der Waals surface area contributed by atoms with Crippen molar-refractivity contribution < 1.29 is 4.42 Å². The fourth-order valence-corrected chi connectivity index (χ4v) is 2.75. The Bertz CT molecular complexity index is 433. The Kier molecular flexibility index (Phi) is 4.40. The number of rotatable bonds is 6. The van der Waals surface area contributed by atoms with E-state index >= 15 is 0 Å². The SMILES string of the molecule is CCc1ccc(CNC(CC)c2cccs2)o1. The summed E-state index contributed by atoms with van der Waals surface area (Å²) < 4.78 is 5.69. The van der Waals surface area contributed by atoms with Crippen LogP contribution in [0.2, 0.25) is 0 Å². The Morgan fingerprint density at radius 2 is 2.06 bits per heavy atom. The van der Waals surface area contributed by atoms with Gasteiger partial charge in [-0.15, -0.1) is 11.3 Å². The summed E-state index contributed by atoms with van der Waals surface area (Å²) in [6.07, 6.45) is 2.06. The van der Waals surface area contributed by atoms with Crippen LogP contribution in [0.25, 0.3) is 0 Å². The first-order valence-electron chi connectivity index (χ1n) is 6.17. The summed E-state index contributed by atoms with van der Waals surface area (Å²) in [4.78, 5) is 1.40. The van der Waals surface area contributed by atoms with E-state index in [1.54, 1.807) is 0 Å². The van der Waals surface area contributed by atoms with E-state index in [4.69, 9.17) is 4.42 Å². The first-order valence-corrected chi connectivity index (χ1v) is 7.05. The van der Waals surface area contributed by atoms with E-state index < -0.39 is 0 Å². The van der Waals surface area contributed by atoms with E-state index in [0.717, 1.165) is 30.9 Å². The molecule has 0 aliphatic carbocycles. The lowest BCUT2D eigenvalue weighted by Crippen LogP contribution is -2.18. The molecule has 0 aliphatic rings. The highest BCUT2D eigenvalue weighted by molar-refractivity contribution is 7.10. The van der Waals surface area contributed by atoms with Gasteiger partial charge < -0.3 is 9.73 Å². The highest BCUT2D eigenvalue weighted by Gasteiger charge is 2.10. The number of hydrogen-bond acceptors (Lipinski definition) is 3. The molecule has 0 fully saturated rings. The Hall–Kier alpha value is -1.06. The number of furan rings is 1. The lowest BCUT2D eigenvalue weighted by atomic mass is 10.2. The van der Waals surface area contributed by atoms with Crippen molar-refractivity contribution in [2.24, 2.45) is 0 Å². The van der Waals surface area contributed by atoms with Gasteiger partial charge in [0.25, 0.3) is 0 Å². The Morgan fingerprint density at radius 3 is 2.65 bits per heavy atom. The molecule has 0 saturated heterocycles. The van der Waals surface area contributed by atoms with Crippen LogP contribution < -0.4 is 5.32 Å². The van der Waals surface area contributed by atoms with Crippen LogP contribution in [-0.2, 0) is 13.0 Å². The van der Waals surface area contributed by atoms with Gasteiger partial charge in [-0.1, -0.05) is 19.9 Å². The summed E-state index contributed by atoms with van der Waals surface area (Å²) in [5.41, 5.74) is 0. The van der Waals surface area contributed by atoms with E-state index in [9.17, 15) is 0 Å². The topological polar surface area (TPSA) is 25.2 Å². The zero-order valence-corrected chi connectivity index (χ0v) is 11.2. The van der Waals surface area contributed by atoms with E-state index in [1.807, 2.05) is 11.3 Å². The largest absolute Gasteiger partial charge is 0.465 e. The highest BCUT2D eigenvalue weighted by atomic mass is 32.1. The van der Waals surface area contributed by atoms with Gasteiger partial charge in [-0.05, 0) is 30.0 Å². The molecule has 17 heavy (non-hydrogen) atoms. The third-order valence-corrected chi connectivity index (χ3v) is 3.87. The molecule has 1 N–H and O–H groups in total. The molecule has 2 aromatic heterocycles. The van der Waals surface area contributed by atoms with Crippen molar-refractivity contribution in [2.45, 2.75) is 39.3 Å². The molecule has 3 heteroatoms. The minimum absolute atomic E-state index is 0.435. The smallest absolute Gasteiger partial charge is 0.117 e. The molecule has 2 rings (SSSR count). The van der Waals surface area contributed by atoms with Crippen LogP contribution in [0.3, 0.4) is 0 Å². The maximum absolute atomic E-state index is 5.69. The minimum Gasteiger partial charge on any atom is -0.465 e. The first-order chi connectivity index (χ1) is 8.33. The van der Waals surface area contributed by atoms with Gasteiger partial charge >= 0.3 is 0 Å². The average Bonchev–Trinajstić information content (AvgIpc) is 3.00. The van der Waals surface area contributed by atoms with Crippen LogP contribution in [0.4, 0.5) is 0 Å². The zero-order chi connectivity index (χ0) is 12.1. The molecular formula is C14H19NOS. The summed E-state index contributed by atoms with van der Waals surface area (Å²) in [6.45, 7) is 5.12. The van der Waals surface area contributed by atoms with Crippen molar-refractivity contribution in [3.05, 3.63) is 46.0 Å². The third-order valence-electron chi connectivity index (χ3n) is 2.88. The predicted octanol–water partition coefficient (Wildman–Crippen LogP) is 4.14. The third kappa shape index (κ3) is 3.20. The van der Waals surface area contributed by atoms with Crippen molar-refractivity contribution >= 4 is 11.3 Å². The highest BCUT2D eigenvalue weighted by Crippen LogP contribution is 2.22. The van der Waals surface area contributed by atoms with Gasteiger partial charge in [-0.25, -0.2) is 0 Å². The summed E-state index contributed by atoms with van der Waals surface area (Å²) >= 11 is 1.81. The van der Waals surface area contributed by atoms with Crippen molar-refractivity contribution in [3.63, 3.8) is 0 Å². The van der Waals surface area contributed by atoms with Crippen LogP contribution in [-0.4, -0.2) is 0 Å². The fraction of sp³-hybridized carbons (Fsp3) is 0.429. The van der Waals surface area contributed by atoms with E-state index in [1.165, 1.54) is 4.88 Å². The van der Waals surface area contributed by atoms with E-state index in [2.05, 4.69) is 48.8 Å². The van der Waals surface area contributed by atoms with Gasteiger partial charge in [0.15, 0.2) is 0 Å². The molecule has 0 aliphatic heterocycles. The molecule has 1 unspecified atom stereocenters. The van der Waals surface area contributed by atoms with Crippen LogP contribution in [0.5, 0.6) is 0 Å². The molecule has 0 saturated carbocycles. The summed E-state index contributed by atoms with van der Waals surface area (Å²) in [5, 5.41) is 5.67. The Balaban J connectivity index is 1.92. The second-order valence-corrected chi connectivity index (χ2v) is 5.06. The lowest BCUT2D eigenvalue weighted by Gasteiger charge is -2.14. The van der Waals surface area contributed by atoms with E-state index in [-0.39, 0.29) is 0 Å². The molecule has 0 bridgehead atoms. The van der Waals surface area contributed by atoms with Crippen LogP contribution >= 0.6 is 11.3 Å². The second-order valence-electron chi connectivity index (χ2n) is 4.08. The summed E-state index contributed by atoms with van der Waals surface area (Å²) in [5.74, 6) is 2.09. The number of hydrogen-bond donors (Lipinski definition) is 1. The Labute approximate surface area is 107 Å². The molecule has 0 amide bonds. The molecule has 0 aromatic carbocycles. The summed E-state index contributed by atoms with van der Waals surface area (Å²) in [7, 11) is 0. The predicted molar refractivity (Wildman–Crippen MR) is 72.3 cm³/mol. The molecule has 2 aromatic rings. The quantitative estimate of drug-likeness (QED) is 0.832. The number of thiophene rings is 1. The van der Waals surface area contributed by atoms with Crippen molar-refractivity contribution in [2.75, 3.05) is 0 Å². The molecule has 0 radical (unpaired) electrons. The van der Waals surface area contributed by atoms with Gasteiger partial charge in [0.1, 0.15) is 11.5 Å². The fourth-order valence-electron chi connectivity index (χ4n) is 1.87. The maximum Gasteiger partial charge on any atom is 0.117 e. The maximum atomic E-state index is 5.69. The van der Waals surface area contributed by atoms with E-state index in [0.29, 0.717) is 6.04 Å². The van der Waals surface area contributed by atoms with Crippen LogP contribution in [0.15, 0.2) is 34.1 Å². The molecule has 0 spiro atoms. The van der Waals surface area contributed by atoms with Crippen molar-refractivity contribution in [3.8, 4) is 0 Å². The van der Waals surface area contributed by atoms with Crippen LogP contribution in [0, 0.1) is 0 Å². The molecule has 2 nitrogen and oxygen atoms in total. The molecular weight excluding hydrogens is 230 g/mol. The molecule has 2 heterocycles. The number of aryl methyl sites for hydroxylation is 1. The van der Waals surface area contributed by atoms with Gasteiger partial charge in [-0.3, -0.25) is 0 Å². The first kappa shape index (κ1) is 12.4. The zero-order valence-electron chi connectivity index (χ0n) is 10.4. The molecule has 92 valence electrons. The van der Waals surface area contributed by atoms with Crippen molar-refractivity contribution in [1.82, 2.24) is 5.32 Å². The van der Waals surface area contributed by atoms with Gasteiger partial charge in [0, 0.05) is 17.3 Å². The molecule has 1 atom stereocenters. The second kappa shape index (κ2) is 6.03. The monoisotopic (exact) mass is 249 g/mol. The Morgan fingerprint density at radius 1 is 1.24 bits per heavy atom. The van der Waals surface area contributed by atoms with Crippen LogP contribution in [0.1, 0.15) is 42.7 Å². The minimum atomic E-state index is 0.435. The number of nitrogens with one attached hydrogen (secondary N) is 1.